The lowest BCUT2D eigenvalue weighted by molar-refractivity contribution is -0.131. The van der Waals surface area contributed by atoms with Crippen LogP contribution in [0, 0.1) is 0 Å². The van der Waals surface area contributed by atoms with E-state index in [0.29, 0.717) is 0 Å². The molecule has 10 heavy (non-hydrogen) atoms. The molecule has 0 aromatic heterocycles. The third-order valence-corrected chi connectivity index (χ3v) is 0.831. The van der Waals surface area contributed by atoms with Crippen LogP contribution in [0.4, 0.5) is 4.79 Å². The fraction of sp³-hybridized carbons (Fsp3) is 0.200. The first-order valence-corrected chi connectivity index (χ1v) is 2.46. The normalized spacial score (nSPS) is 20.4. The van der Waals surface area contributed by atoms with E-state index in [1.807, 2.05) is 0 Å². The van der Waals surface area contributed by atoms with Crippen molar-refractivity contribution in [2.24, 2.45) is 0 Å². The molecule has 0 aromatic carbocycles. The average molecular weight is 144 g/mol. The number of hydrogen-bond acceptors (Lipinski definition) is 4. The Kier molecular flexibility index (Phi) is 1.57. The van der Waals surface area contributed by atoms with E-state index < -0.39 is 12.1 Å². The summed E-state index contributed by atoms with van der Waals surface area (Å²) in [6.07, 6.45) is -0.0715. The van der Waals surface area contributed by atoms with Gasteiger partial charge in [0.2, 0.25) is 0 Å². The lowest BCUT2D eigenvalue weighted by Gasteiger charge is -1.85. The Morgan fingerprint density at radius 2 is 2.40 bits per heavy atom. The van der Waals surface area contributed by atoms with Crippen molar-refractivity contribution >= 4 is 12.1 Å². The van der Waals surface area contributed by atoms with Crippen LogP contribution in [0.15, 0.2) is 11.8 Å². The van der Waals surface area contributed by atoms with Crippen molar-refractivity contribution in [1.82, 2.24) is 0 Å². The van der Waals surface area contributed by atoms with Crippen LogP contribution in [-0.2, 0) is 14.3 Å². The van der Waals surface area contributed by atoms with Gasteiger partial charge in [-0.25, -0.2) is 9.59 Å². The molecule has 1 aliphatic rings. The van der Waals surface area contributed by atoms with Crippen LogP contribution in [0.2, 0.25) is 0 Å². The molecule has 1 saturated heterocycles. The minimum Gasteiger partial charge on any atom is -0.478 e. The van der Waals surface area contributed by atoms with Gasteiger partial charge in [-0.1, -0.05) is 0 Å². The van der Waals surface area contributed by atoms with E-state index in [2.05, 4.69) is 9.47 Å². The first-order chi connectivity index (χ1) is 4.68. The van der Waals surface area contributed by atoms with Crippen molar-refractivity contribution in [3.05, 3.63) is 11.8 Å². The zero-order valence-corrected chi connectivity index (χ0v) is 4.86. The Balaban J connectivity index is 2.59. The van der Waals surface area contributed by atoms with Crippen LogP contribution < -0.4 is 0 Å². The number of ether oxygens (including phenoxy) is 2. The standard InChI is InChI=1S/C5H4O5/c6-4(7)1-3-2-9-5(8)10-3/h1H,2H2,(H,6,7). The Bertz CT molecular complexity index is 204. The van der Waals surface area contributed by atoms with Crippen LogP contribution in [-0.4, -0.2) is 23.8 Å². The minimum absolute atomic E-state index is 0.0255. The topological polar surface area (TPSA) is 72.8 Å². The molecule has 0 aliphatic carbocycles. The summed E-state index contributed by atoms with van der Waals surface area (Å²) in [5, 5.41) is 8.14. The van der Waals surface area contributed by atoms with Crippen molar-refractivity contribution in [3.63, 3.8) is 0 Å². The number of carboxylic acid groups (broad SMARTS) is 1. The molecule has 0 saturated carbocycles. The molecule has 54 valence electrons. The van der Waals surface area contributed by atoms with E-state index >= 15 is 0 Å². The van der Waals surface area contributed by atoms with Crippen molar-refractivity contribution < 1.29 is 24.2 Å². The van der Waals surface area contributed by atoms with Crippen molar-refractivity contribution in [2.75, 3.05) is 6.61 Å². The molecule has 1 rings (SSSR count). The summed E-state index contributed by atoms with van der Waals surface area (Å²) < 4.78 is 8.56. The lowest BCUT2D eigenvalue weighted by Crippen LogP contribution is -1.93. The van der Waals surface area contributed by atoms with E-state index in [0.717, 1.165) is 6.08 Å². The van der Waals surface area contributed by atoms with Gasteiger partial charge in [0.05, 0.1) is 6.08 Å². The largest absolute Gasteiger partial charge is 0.514 e. The zero-order valence-electron chi connectivity index (χ0n) is 4.86. The van der Waals surface area contributed by atoms with Gasteiger partial charge < -0.3 is 14.6 Å². The molecule has 0 amide bonds. The fourth-order valence-corrected chi connectivity index (χ4v) is 0.505. The smallest absolute Gasteiger partial charge is 0.478 e. The molecule has 0 atom stereocenters. The van der Waals surface area contributed by atoms with Gasteiger partial charge in [0.25, 0.3) is 0 Å². The Morgan fingerprint density at radius 3 is 2.80 bits per heavy atom. The molecule has 1 aliphatic heterocycles. The van der Waals surface area contributed by atoms with Crippen LogP contribution in [0.5, 0.6) is 0 Å². The van der Waals surface area contributed by atoms with Crippen molar-refractivity contribution in [3.8, 4) is 0 Å². The van der Waals surface area contributed by atoms with Crippen molar-refractivity contribution in [2.45, 2.75) is 0 Å². The van der Waals surface area contributed by atoms with Gasteiger partial charge in [-0.3, -0.25) is 0 Å². The van der Waals surface area contributed by atoms with E-state index in [-0.39, 0.29) is 12.4 Å². The highest BCUT2D eigenvalue weighted by Crippen LogP contribution is 2.08. The van der Waals surface area contributed by atoms with Crippen LogP contribution in [0.1, 0.15) is 0 Å². The molecule has 0 spiro atoms. The number of hydrogen-bond donors (Lipinski definition) is 1. The summed E-state index contributed by atoms with van der Waals surface area (Å²) in [6.45, 7) is -0.0921. The second-order valence-electron chi connectivity index (χ2n) is 1.59. The second-order valence-corrected chi connectivity index (χ2v) is 1.59. The maximum absolute atomic E-state index is 10.2. The summed E-state index contributed by atoms with van der Waals surface area (Å²) in [7, 11) is 0. The molecular weight excluding hydrogens is 140 g/mol. The first-order valence-electron chi connectivity index (χ1n) is 2.46. The predicted octanol–water partition coefficient (Wildman–Crippen LogP) is 0.122. The van der Waals surface area contributed by atoms with E-state index in [9.17, 15) is 9.59 Å². The minimum atomic E-state index is -1.16. The van der Waals surface area contributed by atoms with Gasteiger partial charge in [0, 0.05) is 0 Å². The number of carbonyl (C=O) groups is 2. The summed E-state index contributed by atoms with van der Waals surface area (Å²) in [5.41, 5.74) is 0. The number of carboxylic acids is 1. The van der Waals surface area contributed by atoms with Gasteiger partial charge in [-0.05, 0) is 0 Å². The highest BCUT2D eigenvalue weighted by atomic mass is 16.8. The molecular formula is C5H4O5. The fourth-order valence-electron chi connectivity index (χ4n) is 0.505. The van der Waals surface area contributed by atoms with Crippen LogP contribution >= 0.6 is 0 Å². The molecule has 5 nitrogen and oxygen atoms in total. The summed E-state index contributed by atoms with van der Waals surface area (Å²) >= 11 is 0. The number of rotatable bonds is 1. The molecule has 1 fully saturated rings. The Hall–Kier alpha value is -1.52. The first kappa shape index (κ1) is 6.60. The average Bonchev–Trinajstić information content (AvgIpc) is 2.13. The monoisotopic (exact) mass is 144 g/mol. The van der Waals surface area contributed by atoms with Gasteiger partial charge >= 0.3 is 12.1 Å². The van der Waals surface area contributed by atoms with Gasteiger partial charge in [-0.15, -0.1) is 0 Å². The van der Waals surface area contributed by atoms with Gasteiger partial charge in [0.15, 0.2) is 12.4 Å². The summed E-state index contributed by atoms with van der Waals surface area (Å²) in [6, 6.07) is 0. The summed E-state index contributed by atoms with van der Waals surface area (Å²) in [4.78, 5) is 20.1. The molecule has 1 heterocycles. The lowest BCUT2D eigenvalue weighted by atomic mass is 10.5. The Morgan fingerprint density at radius 1 is 1.70 bits per heavy atom. The molecule has 0 aromatic rings. The molecule has 0 bridgehead atoms. The summed E-state index contributed by atoms with van der Waals surface area (Å²) in [5.74, 6) is -1.13. The SMILES string of the molecule is O=C(O)C=C1COC(=O)O1. The second kappa shape index (κ2) is 2.38. The van der Waals surface area contributed by atoms with E-state index in [1.165, 1.54) is 0 Å². The van der Waals surface area contributed by atoms with Gasteiger partial charge in [-0.2, -0.15) is 0 Å². The third kappa shape index (κ3) is 1.48. The number of aliphatic carboxylic acids is 1. The third-order valence-electron chi connectivity index (χ3n) is 0.831. The molecule has 5 heteroatoms. The molecule has 0 unspecified atom stereocenters. The molecule has 1 N–H and O–H groups in total. The van der Waals surface area contributed by atoms with Crippen molar-refractivity contribution in [1.29, 1.82) is 0 Å². The maximum Gasteiger partial charge on any atom is 0.514 e. The number of cyclic esters (lactones) is 2. The maximum atomic E-state index is 10.2. The highest BCUT2D eigenvalue weighted by Gasteiger charge is 2.18. The molecule has 0 radical (unpaired) electrons. The Labute approximate surface area is 55.8 Å². The van der Waals surface area contributed by atoms with Gasteiger partial charge in [0.1, 0.15) is 0 Å². The zero-order chi connectivity index (χ0) is 7.56. The van der Waals surface area contributed by atoms with E-state index in [4.69, 9.17) is 5.11 Å². The highest BCUT2D eigenvalue weighted by molar-refractivity contribution is 5.81. The quantitative estimate of drug-likeness (QED) is 0.418. The van der Waals surface area contributed by atoms with Crippen LogP contribution in [0.3, 0.4) is 0 Å². The van der Waals surface area contributed by atoms with Crippen LogP contribution in [0.25, 0.3) is 0 Å². The van der Waals surface area contributed by atoms with E-state index in [1.54, 1.807) is 0 Å². The predicted molar refractivity (Wildman–Crippen MR) is 28.2 cm³/mol. The number of carbonyl (C=O) groups excluding carboxylic acids is 1.